The van der Waals surface area contributed by atoms with Gasteiger partial charge in [0.15, 0.2) is 0 Å². The van der Waals surface area contributed by atoms with Crippen molar-refractivity contribution in [2.45, 2.75) is 130 Å². The molecule has 2 atom stereocenters. The van der Waals surface area contributed by atoms with Gasteiger partial charge in [0.2, 0.25) is 0 Å². The number of unbranched alkanes of at least 4 members (excludes halogenated alkanes) is 10. The minimum atomic E-state index is 0.624. The van der Waals surface area contributed by atoms with E-state index in [1.54, 1.807) is 0 Å². The van der Waals surface area contributed by atoms with E-state index >= 15 is 0 Å². The maximum atomic E-state index is 3.53. The number of nitrogens with zero attached hydrogens (tertiary/aromatic N) is 1. The molecule has 1 aromatic heterocycles. The molecule has 1 aromatic rings. The Morgan fingerprint density at radius 1 is 0.760 bits per heavy atom. The zero-order valence-corrected chi connectivity index (χ0v) is 17.7. The van der Waals surface area contributed by atoms with Crippen LogP contribution in [0.4, 0.5) is 0 Å². The van der Waals surface area contributed by atoms with Crippen molar-refractivity contribution < 1.29 is 4.57 Å². The summed E-state index contributed by atoms with van der Waals surface area (Å²) < 4.78 is 2.50. The molecule has 0 saturated heterocycles. The first-order chi connectivity index (χ1) is 12.2. The fourth-order valence-electron chi connectivity index (χ4n) is 3.87. The van der Waals surface area contributed by atoms with E-state index in [0.717, 1.165) is 0 Å². The van der Waals surface area contributed by atoms with E-state index in [0.29, 0.717) is 12.0 Å². The minimum Gasteiger partial charge on any atom is -0.247 e. The third-order valence-electron chi connectivity index (χ3n) is 5.65. The van der Waals surface area contributed by atoms with E-state index in [1.807, 2.05) is 0 Å². The second-order valence-corrected chi connectivity index (χ2v) is 8.12. The largest absolute Gasteiger partial charge is 0.257 e. The standard InChI is InChI=1S/C23H44N2/c1-5-7-9-11-12-13-14-15-17-21(3)23-24-19-20-25(23)22(4)18-16-10-8-6-2/h19-22H,5-18H2,1-4H3/p+1. The van der Waals surface area contributed by atoms with E-state index in [-0.39, 0.29) is 0 Å². The van der Waals surface area contributed by atoms with Crippen LogP contribution in [-0.4, -0.2) is 4.98 Å². The number of H-pyrrole nitrogens is 1. The lowest BCUT2D eigenvalue weighted by Gasteiger charge is -2.14. The van der Waals surface area contributed by atoms with Crippen molar-refractivity contribution in [1.82, 2.24) is 4.98 Å². The molecule has 0 aliphatic rings. The SMILES string of the molecule is CCCCCCCCCCC(C)c1[nH]cc[n+]1C(C)CCCCCC. The number of aromatic amines is 1. The van der Waals surface area contributed by atoms with Crippen molar-refractivity contribution in [1.29, 1.82) is 0 Å². The summed E-state index contributed by atoms with van der Waals surface area (Å²) in [5.74, 6) is 2.08. The van der Waals surface area contributed by atoms with Gasteiger partial charge in [0, 0.05) is 0 Å². The molecule has 2 heteroatoms. The molecular weight excluding hydrogens is 304 g/mol. The average molecular weight is 350 g/mol. The Bertz CT molecular complexity index is 410. The molecule has 2 nitrogen and oxygen atoms in total. The first-order valence-electron chi connectivity index (χ1n) is 11.3. The highest BCUT2D eigenvalue weighted by Crippen LogP contribution is 2.21. The van der Waals surface area contributed by atoms with Crippen LogP contribution in [0.2, 0.25) is 0 Å². The van der Waals surface area contributed by atoms with E-state index in [1.165, 1.54) is 95.7 Å². The molecule has 0 fully saturated rings. The van der Waals surface area contributed by atoms with Crippen LogP contribution in [-0.2, 0) is 0 Å². The molecule has 0 amide bonds. The van der Waals surface area contributed by atoms with Crippen LogP contribution in [0, 0.1) is 0 Å². The molecule has 0 aromatic carbocycles. The fraction of sp³-hybridized carbons (Fsp3) is 0.870. The Morgan fingerprint density at radius 3 is 1.92 bits per heavy atom. The Labute approximate surface area is 157 Å². The molecule has 25 heavy (non-hydrogen) atoms. The molecule has 0 radical (unpaired) electrons. The molecule has 0 saturated carbocycles. The number of aromatic nitrogens is 2. The van der Waals surface area contributed by atoms with Crippen LogP contribution >= 0.6 is 0 Å². The molecule has 1 N–H and O–H groups in total. The van der Waals surface area contributed by atoms with Gasteiger partial charge in [-0.2, -0.15) is 0 Å². The van der Waals surface area contributed by atoms with Gasteiger partial charge in [0.1, 0.15) is 12.4 Å². The third kappa shape index (κ3) is 9.47. The number of rotatable bonds is 16. The number of hydrogen-bond acceptors (Lipinski definition) is 0. The van der Waals surface area contributed by atoms with Crippen molar-refractivity contribution in [3.8, 4) is 0 Å². The molecular formula is C23H45N2+. The average Bonchev–Trinajstić information content (AvgIpc) is 3.10. The third-order valence-corrected chi connectivity index (χ3v) is 5.65. The molecule has 1 heterocycles. The highest BCUT2D eigenvalue weighted by molar-refractivity contribution is 4.87. The van der Waals surface area contributed by atoms with Gasteiger partial charge in [-0.05, 0) is 26.2 Å². The maximum absolute atomic E-state index is 3.53. The van der Waals surface area contributed by atoms with Gasteiger partial charge in [0.05, 0.1) is 12.0 Å². The lowest BCUT2D eigenvalue weighted by Crippen LogP contribution is -2.40. The van der Waals surface area contributed by atoms with Crippen LogP contribution in [0.25, 0.3) is 0 Å². The summed E-state index contributed by atoms with van der Waals surface area (Å²) in [6.45, 7) is 9.36. The summed E-state index contributed by atoms with van der Waals surface area (Å²) in [5.41, 5.74) is 0. The molecule has 0 aliphatic carbocycles. The first kappa shape index (κ1) is 22.3. The predicted molar refractivity (Wildman–Crippen MR) is 110 cm³/mol. The minimum absolute atomic E-state index is 0.624. The van der Waals surface area contributed by atoms with Crippen molar-refractivity contribution >= 4 is 0 Å². The van der Waals surface area contributed by atoms with Gasteiger partial charge in [0.25, 0.3) is 5.82 Å². The summed E-state index contributed by atoms with van der Waals surface area (Å²) in [7, 11) is 0. The van der Waals surface area contributed by atoms with Gasteiger partial charge in [-0.3, -0.25) is 0 Å². The van der Waals surface area contributed by atoms with Crippen LogP contribution < -0.4 is 4.57 Å². The summed E-state index contributed by atoms with van der Waals surface area (Å²) in [6, 6.07) is 0.624. The topological polar surface area (TPSA) is 19.7 Å². The summed E-state index contributed by atoms with van der Waals surface area (Å²) in [4.78, 5) is 3.53. The Balaban J connectivity index is 2.24. The monoisotopic (exact) mass is 349 g/mol. The molecule has 0 bridgehead atoms. The second kappa shape index (κ2) is 14.4. The Kier molecular flexibility index (Phi) is 12.8. The molecule has 146 valence electrons. The zero-order chi connectivity index (χ0) is 18.3. The zero-order valence-electron chi connectivity index (χ0n) is 17.7. The summed E-state index contributed by atoms with van der Waals surface area (Å²) in [5, 5.41) is 0. The van der Waals surface area contributed by atoms with Gasteiger partial charge >= 0.3 is 0 Å². The normalized spacial score (nSPS) is 13.9. The van der Waals surface area contributed by atoms with E-state index in [4.69, 9.17) is 0 Å². The van der Waals surface area contributed by atoms with E-state index in [2.05, 4.69) is 49.6 Å². The van der Waals surface area contributed by atoms with Crippen LogP contribution in [0.5, 0.6) is 0 Å². The van der Waals surface area contributed by atoms with E-state index < -0.39 is 0 Å². The molecule has 1 rings (SSSR count). The lowest BCUT2D eigenvalue weighted by molar-refractivity contribution is -0.727. The van der Waals surface area contributed by atoms with Crippen molar-refractivity contribution in [2.24, 2.45) is 0 Å². The Hall–Kier alpha value is -0.790. The molecule has 0 spiro atoms. The van der Waals surface area contributed by atoms with Gasteiger partial charge in [-0.1, -0.05) is 91.4 Å². The maximum Gasteiger partial charge on any atom is 0.257 e. The van der Waals surface area contributed by atoms with Crippen molar-refractivity contribution in [2.75, 3.05) is 0 Å². The predicted octanol–water partition coefficient (Wildman–Crippen LogP) is 7.47. The quantitative estimate of drug-likeness (QED) is 0.236. The van der Waals surface area contributed by atoms with Crippen molar-refractivity contribution in [3.63, 3.8) is 0 Å². The van der Waals surface area contributed by atoms with Crippen LogP contribution in [0.3, 0.4) is 0 Å². The van der Waals surface area contributed by atoms with Crippen LogP contribution in [0.1, 0.15) is 135 Å². The number of nitrogens with one attached hydrogen (secondary N) is 1. The van der Waals surface area contributed by atoms with E-state index in [9.17, 15) is 0 Å². The Morgan fingerprint density at radius 2 is 1.28 bits per heavy atom. The summed E-state index contributed by atoms with van der Waals surface area (Å²) in [6.07, 6.45) is 23.7. The first-order valence-corrected chi connectivity index (χ1v) is 11.3. The fourth-order valence-corrected chi connectivity index (χ4v) is 3.87. The number of hydrogen-bond donors (Lipinski definition) is 1. The second-order valence-electron chi connectivity index (χ2n) is 8.12. The highest BCUT2D eigenvalue weighted by atomic mass is 15.1. The summed E-state index contributed by atoms with van der Waals surface area (Å²) >= 11 is 0. The smallest absolute Gasteiger partial charge is 0.247 e. The van der Waals surface area contributed by atoms with Crippen LogP contribution in [0.15, 0.2) is 12.4 Å². The molecule has 2 unspecified atom stereocenters. The number of imidazole rings is 1. The highest BCUT2D eigenvalue weighted by Gasteiger charge is 2.21. The van der Waals surface area contributed by atoms with Gasteiger partial charge < -0.3 is 0 Å². The lowest BCUT2D eigenvalue weighted by atomic mass is 10.00. The van der Waals surface area contributed by atoms with Crippen molar-refractivity contribution in [3.05, 3.63) is 18.2 Å². The van der Waals surface area contributed by atoms with Gasteiger partial charge in [-0.15, -0.1) is 0 Å². The molecule has 0 aliphatic heterocycles. The van der Waals surface area contributed by atoms with Gasteiger partial charge in [-0.25, -0.2) is 9.55 Å².